The zero-order valence-electron chi connectivity index (χ0n) is 15.9. The molecule has 0 spiro atoms. The number of hydrogen-bond donors (Lipinski definition) is 2. The molecule has 2 aromatic rings. The quantitative estimate of drug-likeness (QED) is 0.664. The maximum atomic E-state index is 13.1. The number of ether oxygens (including phenoxy) is 3. The van der Waals surface area contributed by atoms with Crippen molar-refractivity contribution in [3.8, 4) is 11.5 Å². The van der Waals surface area contributed by atoms with Crippen molar-refractivity contribution in [3.63, 3.8) is 0 Å². The highest BCUT2D eigenvalue weighted by molar-refractivity contribution is 6.23. The van der Waals surface area contributed by atoms with Crippen molar-refractivity contribution >= 4 is 29.3 Å². The molecular formula is C19H19N5O6. The lowest BCUT2D eigenvalue weighted by atomic mass is 9.99. The first-order valence-corrected chi connectivity index (χ1v) is 9.52. The Morgan fingerprint density at radius 3 is 2.63 bits per heavy atom. The van der Waals surface area contributed by atoms with Crippen LogP contribution in [0.3, 0.4) is 0 Å². The summed E-state index contributed by atoms with van der Waals surface area (Å²) in [6, 6.07) is 4.79. The molecule has 1 unspecified atom stereocenters. The number of H-pyrrole nitrogens is 1. The molecule has 0 aliphatic carbocycles. The summed E-state index contributed by atoms with van der Waals surface area (Å²) in [4.78, 5) is 48.4. The van der Waals surface area contributed by atoms with Crippen molar-refractivity contribution in [2.45, 2.75) is 12.3 Å². The number of nitrogens with zero attached hydrogens (tertiary/aromatic N) is 3. The zero-order chi connectivity index (χ0) is 20.8. The van der Waals surface area contributed by atoms with E-state index in [0.717, 1.165) is 4.90 Å². The van der Waals surface area contributed by atoms with E-state index in [-0.39, 0.29) is 24.6 Å². The molecular weight excluding hydrogens is 394 g/mol. The number of morpholine rings is 1. The Morgan fingerprint density at radius 2 is 1.87 bits per heavy atom. The van der Waals surface area contributed by atoms with Crippen molar-refractivity contribution < 1.29 is 23.8 Å². The van der Waals surface area contributed by atoms with Gasteiger partial charge in [0.15, 0.2) is 11.5 Å². The van der Waals surface area contributed by atoms with Gasteiger partial charge in [-0.05, 0) is 12.1 Å². The predicted octanol–water partition coefficient (Wildman–Crippen LogP) is -0.0355. The van der Waals surface area contributed by atoms with Crippen LogP contribution in [0.5, 0.6) is 11.5 Å². The molecule has 1 aromatic heterocycles. The van der Waals surface area contributed by atoms with E-state index in [4.69, 9.17) is 19.9 Å². The van der Waals surface area contributed by atoms with Gasteiger partial charge >= 0.3 is 0 Å². The van der Waals surface area contributed by atoms with E-state index in [9.17, 15) is 14.4 Å². The summed E-state index contributed by atoms with van der Waals surface area (Å²) in [7, 11) is 0. The number of nitrogens with two attached hydrogens (primary N) is 1. The summed E-state index contributed by atoms with van der Waals surface area (Å²) >= 11 is 0. The van der Waals surface area contributed by atoms with Gasteiger partial charge in [-0.25, -0.2) is 4.90 Å². The minimum atomic E-state index is -1.00. The van der Waals surface area contributed by atoms with Crippen molar-refractivity contribution in [1.29, 1.82) is 0 Å². The van der Waals surface area contributed by atoms with Crippen LogP contribution in [0.4, 0.5) is 17.5 Å². The number of nitrogens with one attached hydrogen (secondary N) is 1. The molecule has 3 N–H and O–H groups in total. The summed E-state index contributed by atoms with van der Waals surface area (Å²) in [6.45, 7) is 2.26. The SMILES string of the molecule is Nc1nc(N2CCOCC2)[nH]c(=O)c1C1CC(=O)N(c2ccc3c(c2)OCO3)C1=O. The Bertz CT molecular complexity index is 1090. The summed E-state index contributed by atoms with van der Waals surface area (Å²) < 4.78 is 15.9. The lowest BCUT2D eigenvalue weighted by molar-refractivity contribution is -0.121. The summed E-state index contributed by atoms with van der Waals surface area (Å²) in [5, 5.41) is 0. The van der Waals surface area contributed by atoms with Gasteiger partial charge in [-0.1, -0.05) is 0 Å². The second-order valence-electron chi connectivity index (χ2n) is 7.15. The van der Waals surface area contributed by atoms with Gasteiger partial charge in [0.25, 0.3) is 5.56 Å². The lowest BCUT2D eigenvalue weighted by Crippen LogP contribution is -2.39. The number of carbonyl (C=O) groups excluding carboxylic acids is 2. The second-order valence-corrected chi connectivity index (χ2v) is 7.15. The number of fused-ring (bicyclic) bond motifs is 1. The molecule has 3 aliphatic rings. The fourth-order valence-electron chi connectivity index (χ4n) is 3.90. The van der Waals surface area contributed by atoms with Crippen LogP contribution in [0.1, 0.15) is 17.9 Å². The van der Waals surface area contributed by atoms with Crippen molar-refractivity contribution in [2.24, 2.45) is 0 Å². The predicted molar refractivity (Wildman–Crippen MR) is 105 cm³/mol. The highest BCUT2D eigenvalue weighted by atomic mass is 16.7. The first-order chi connectivity index (χ1) is 14.5. The molecule has 0 radical (unpaired) electrons. The van der Waals surface area contributed by atoms with Gasteiger partial charge in [0, 0.05) is 25.6 Å². The molecule has 1 aromatic carbocycles. The standard InChI is InChI=1S/C19H19N5O6/c20-16-15(17(26)22-19(21-16)23-3-5-28-6-4-23)11-8-14(25)24(18(11)27)10-1-2-12-13(7-10)30-9-29-12/h1-2,7,11H,3-6,8-9H2,(H3,20,21,22,26). The molecule has 0 bridgehead atoms. The van der Waals surface area contributed by atoms with Gasteiger partial charge in [0.05, 0.1) is 30.4 Å². The molecule has 2 fully saturated rings. The molecule has 4 heterocycles. The number of anilines is 3. The summed E-state index contributed by atoms with van der Waals surface area (Å²) in [5.41, 5.74) is 5.90. The Morgan fingerprint density at radius 1 is 1.10 bits per heavy atom. The number of rotatable bonds is 3. The second kappa shape index (κ2) is 7.02. The zero-order valence-corrected chi connectivity index (χ0v) is 15.9. The van der Waals surface area contributed by atoms with Gasteiger partial charge in [-0.2, -0.15) is 4.98 Å². The molecule has 1 atom stereocenters. The highest BCUT2D eigenvalue weighted by Gasteiger charge is 2.43. The van der Waals surface area contributed by atoms with Crippen LogP contribution in [-0.4, -0.2) is 54.9 Å². The molecule has 2 saturated heterocycles. The Labute approximate surface area is 170 Å². The number of hydrogen-bond acceptors (Lipinski definition) is 9. The number of imide groups is 1. The van der Waals surface area contributed by atoms with Crippen molar-refractivity contribution in [2.75, 3.05) is 48.6 Å². The minimum absolute atomic E-state index is 0.00797. The van der Waals surface area contributed by atoms with E-state index in [2.05, 4.69) is 9.97 Å². The number of nitrogen functional groups attached to an aromatic ring is 1. The fraction of sp³-hybridized carbons (Fsp3) is 0.368. The first-order valence-electron chi connectivity index (χ1n) is 9.52. The van der Waals surface area contributed by atoms with Gasteiger partial charge < -0.3 is 24.8 Å². The molecule has 11 nitrogen and oxygen atoms in total. The van der Waals surface area contributed by atoms with E-state index in [1.165, 1.54) is 0 Å². The maximum Gasteiger partial charge on any atom is 0.258 e. The number of benzene rings is 1. The van der Waals surface area contributed by atoms with E-state index >= 15 is 0 Å². The van der Waals surface area contributed by atoms with E-state index < -0.39 is 23.3 Å². The van der Waals surface area contributed by atoms with E-state index in [1.54, 1.807) is 18.2 Å². The van der Waals surface area contributed by atoms with Crippen molar-refractivity contribution in [3.05, 3.63) is 34.1 Å². The minimum Gasteiger partial charge on any atom is -0.454 e. The average Bonchev–Trinajstić information content (AvgIpc) is 3.31. The molecule has 3 aliphatic heterocycles. The molecule has 0 saturated carbocycles. The number of amides is 2. The van der Waals surface area contributed by atoms with E-state index in [0.29, 0.717) is 49.4 Å². The molecule has 2 amide bonds. The third-order valence-electron chi connectivity index (χ3n) is 5.39. The van der Waals surface area contributed by atoms with Crippen LogP contribution < -0.4 is 30.6 Å². The molecule has 30 heavy (non-hydrogen) atoms. The average molecular weight is 413 g/mol. The fourth-order valence-corrected chi connectivity index (χ4v) is 3.90. The third kappa shape index (κ3) is 2.94. The molecule has 156 valence electrons. The van der Waals surface area contributed by atoms with Crippen LogP contribution in [0.25, 0.3) is 0 Å². The van der Waals surface area contributed by atoms with Gasteiger partial charge in [0.2, 0.25) is 24.6 Å². The van der Waals surface area contributed by atoms with Crippen LogP contribution in [0.15, 0.2) is 23.0 Å². The Hall–Kier alpha value is -3.60. The van der Waals surface area contributed by atoms with Crippen LogP contribution in [-0.2, 0) is 14.3 Å². The topological polar surface area (TPSA) is 140 Å². The first kappa shape index (κ1) is 18.4. The normalized spacial score (nSPS) is 20.9. The van der Waals surface area contributed by atoms with Gasteiger partial charge in [0.1, 0.15) is 5.82 Å². The van der Waals surface area contributed by atoms with Gasteiger partial charge in [-0.15, -0.1) is 0 Å². The van der Waals surface area contributed by atoms with Crippen LogP contribution >= 0.6 is 0 Å². The molecule has 5 rings (SSSR count). The largest absolute Gasteiger partial charge is 0.454 e. The maximum absolute atomic E-state index is 13.1. The summed E-state index contributed by atoms with van der Waals surface area (Å²) in [6.07, 6.45) is -0.168. The number of carbonyl (C=O) groups is 2. The lowest BCUT2D eigenvalue weighted by Gasteiger charge is -2.27. The van der Waals surface area contributed by atoms with Crippen LogP contribution in [0, 0.1) is 0 Å². The van der Waals surface area contributed by atoms with Crippen molar-refractivity contribution in [1.82, 2.24) is 9.97 Å². The van der Waals surface area contributed by atoms with E-state index in [1.807, 2.05) is 4.90 Å². The summed E-state index contributed by atoms with van der Waals surface area (Å²) in [5.74, 6) is -0.703. The Kier molecular flexibility index (Phi) is 4.31. The van der Waals surface area contributed by atoms with Gasteiger partial charge in [-0.3, -0.25) is 19.4 Å². The highest BCUT2D eigenvalue weighted by Crippen LogP contribution is 2.39. The number of aromatic nitrogens is 2. The molecule has 11 heteroatoms. The third-order valence-corrected chi connectivity index (χ3v) is 5.39. The van der Waals surface area contributed by atoms with Crippen LogP contribution in [0.2, 0.25) is 0 Å². The smallest absolute Gasteiger partial charge is 0.258 e. The number of aromatic amines is 1. The Balaban J connectivity index is 1.46. The monoisotopic (exact) mass is 413 g/mol.